The van der Waals surface area contributed by atoms with E-state index in [1.54, 1.807) is 42.5 Å². The van der Waals surface area contributed by atoms with Crippen molar-refractivity contribution in [2.45, 2.75) is 6.42 Å². The highest BCUT2D eigenvalue weighted by Gasteiger charge is 2.29. The first-order valence-corrected chi connectivity index (χ1v) is 9.33. The number of nitrogens with one attached hydrogen (secondary N) is 1. The monoisotopic (exact) mass is 362 g/mol. The van der Waals surface area contributed by atoms with Crippen LogP contribution in [0.2, 0.25) is 0 Å². The quantitative estimate of drug-likeness (QED) is 0.904. The van der Waals surface area contributed by atoms with Crippen molar-refractivity contribution in [3.8, 4) is 11.5 Å². The first-order valence-electron chi connectivity index (χ1n) is 7.72. The van der Waals surface area contributed by atoms with Crippen LogP contribution in [0.1, 0.15) is 6.42 Å². The van der Waals surface area contributed by atoms with Gasteiger partial charge in [0.1, 0.15) is 11.5 Å². The molecule has 0 spiro atoms. The summed E-state index contributed by atoms with van der Waals surface area (Å²) < 4.78 is 35.9. The number of rotatable bonds is 4. The van der Waals surface area contributed by atoms with Gasteiger partial charge in [0.25, 0.3) is 0 Å². The number of nitrogens with zero attached hydrogens (tertiary/aromatic N) is 1. The number of ether oxygens (including phenoxy) is 2. The summed E-state index contributed by atoms with van der Waals surface area (Å²) in [7, 11) is -1.84. The van der Waals surface area contributed by atoms with Gasteiger partial charge < -0.3 is 9.47 Å². The zero-order chi connectivity index (χ0) is 17.9. The highest BCUT2D eigenvalue weighted by Crippen LogP contribution is 2.32. The van der Waals surface area contributed by atoms with Crippen LogP contribution in [0.5, 0.6) is 11.5 Å². The maximum atomic E-state index is 12.1. The number of carbonyl (C=O) groups is 1. The van der Waals surface area contributed by atoms with Gasteiger partial charge in [-0.1, -0.05) is 18.2 Å². The highest BCUT2D eigenvalue weighted by molar-refractivity contribution is 7.93. The van der Waals surface area contributed by atoms with Crippen molar-refractivity contribution in [1.82, 2.24) is 0 Å². The van der Waals surface area contributed by atoms with E-state index in [2.05, 4.69) is 5.32 Å². The first kappa shape index (κ1) is 17.1. The fourth-order valence-electron chi connectivity index (χ4n) is 2.61. The Kier molecular flexibility index (Phi) is 4.80. The first-order chi connectivity index (χ1) is 12.0. The van der Waals surface area contributed by atoms with Crippen LogP contribution in [0.25, 0.3) is 0 Å². The lowest BCUT2D eigenvalue weighted by atomic mass is 10.2. The molecule has 1 N–H and O–H groups in total. The fourth-order valence-corrected chi connectivity index (χ4v) is 4.17. The number of hydrogen-bond donors (Lipinski definition) is 1. The molecule has 1 amide bonds. The molecule has 8 heteroatoms. The third-order valence-electron chi connectivity index (χ3n) is 3.76. The lowest BCUT2D eigenvalue weighted by Crippen LogP contribution is -2.25. The Bertz CT molecular complexity index is 868. The molecule has 0 bridgehead atoms. The van der Waals surface area contributed by atoms with Crippen LogP contribution < -0.4 is 19.1 Å². The van der Waals surface area contributed by atoms with Gasteiger partial charge in [0.2, 0.25) is 10.0 Å². The molecule has 0 saturated carbocycles. The second-order valence-corrected chi connectivity index (χ2v) is 7.47. The van der Waals surface area contributed by atoms with E-state index in [0.29, 0.717) is 35.8 Å². The average molecular weight is 362 g/mol. The molecule has 0 aromatic heterocycles. The Balaban J connectivity index is 1.82. The summed E-state index contributed by atoms with van der Waals surface area (Å²) in [6, 6.07) is 13.5. The maximum Gasteiger partial charge on any atom is 0.417 e. The summed E-state index contributed by atoms with van der Waals surface area (Å²) in [6.45, 7) is 0.419. The number of para-hydroxylation sites is 1. The van der Waals surface area contributed by atoms with E-state index in [0.717, 1.165) is 0 Å². The molecule has 2 aromatic rings. The predicted octanol–water partition coefficient (Wildman–Crippen LogP) is 2.85. The number of anilines is 2. The fraction of sp³-hybridized carbons (Fsp3) is 0.235. The number of benzene rings is 2. The van der Waals surface area contributed by atoms with E-state index in [1.165, 1.54) is 11.4 Å². The van der Waals surface area contributed by atoms with Crippen LogP contribution in [0.3, 0.4) is 0 Å². The third kappa shape index (κ3) is 3.85. The van der Waals surface area contributed by atoms with Gasteiger partial charge in [-0.15, -0.1) is 0 Å². The summed E-state index contributed by atoms with van der Waals surface area (Å²) >= 11 is 0. The predicted molar refractivity (Wildman–Crippen MR) is 94.8 cm³/mol. The minimum absolute atomic E-state index is 0.123. The van der Waals surface area contributed by atoms with Gasteiger partial charge in [-0.25, -0.2) is 13.2 Å². The average Bonchev–Trinajstić information content (AvgIpc) is 2.95. The number of methoxy groups -OCH3 is 1. The second kappa shape index (κ2) is 7.02. The molecule has 1 heterocycles. The number of carbonyl (C=O) groups excluding carboxylic acids is 1. The van der Waals surface area contributed by atoms with Gasteiger partial charge in [0, 0.05) is 6.54 Å². The molecule has 7 nitrogen and oxygen atoms in total. The van der Waals surface area contributed by atoms with Crippen molar-refractivity contribution in [3.63, 3.8) is 0 Å². The maximum absolute atomic E-state index is 12.1. The van der Waals surface area contributed by atoms with Crippen molar-refractivity contribution < 1.29 is 22.7 Å². The van der Waals surface area contributed by atoms with E-state index in [1.807, 2.05) is 6.07 Å². The van der Waals surface area contributed by atoms with Gasteiger partial charge in [0.15, 0.2) is 0 Å². The van der Waals surface area contributed by atoms with Gasteiger partial charge in [-0.2, -0.15) is 0 Å². The van der Waals surface area contributed by atoms with Crippen LogP contribution in [-0.4, -0.2) is 33.9 Å². The molecule has 25 heavy (non-hydrogen) atoms. The minimum atomic E-state index is -3.30. The molecule has 1 saturated heterocycles. The summed E-state index contributed by atoms with van der Waals surface area (Å²) in [6.07, 6.45) is -0.112. The lowest BCUT2D eigenvalue weighted by molar-refractivity contribution is 0.215. The Morgan fingerprint density at radius 1 is 1.16 bits per heavy atom. The number of hydrogen-bond acceptors (Lipinski definition) is 5. The lowest BCUT2D eigenvalue weighted by Gasteiger charge is -2.19. The summed E-state index contributed by atoms with van der Waals surface area (Å²) in [5, 5.41) is 2.59. The molecule has 1 aliphatic rings. The SMILES string of the molecule is COc1ccc(N2CCCS2(=O)=O)cc1NC(=O)Oc1ccccc1. The Morgan fingerprint density at radius 2 is 1.92 bits per heavy atom. The highest BCUT2D eigenvalue weighted by atomic mass is 32.2. The molecule has 0 atom stereocenters. The van der Waals surface area contributed by atoms with E-state index in [9.17, 15) is 13.2 Å². The van der Waals surface area contributed by atoms with Crippen LogP contribution >= 0.6 is 0 Å². The topological polar surface area (TPSA) is 84.9 Å². The Labute approximate surface area is 146 Å². The van der Waals surface area contributed by atoms with Gasteiger partial charge in [-0.05, 0) is 36.8 Å². The largest absolute Gasteiger partial charge is 0.495 e. The molecule has 2 aromatic carbocycles. The van der Waals surface area contributed by atoms with Crippen molar-refractivity contribution in [2.24, 2.45) is 0 Å². The van der Waals surface area contributed by atoms with E-state index in [-0.39, 0.29) is 5.75 Å². The van der Waals surface area contributed by atoms with E-state index in [4.69, 9.17) is 9.47 Å². The van der Waals surface area contributed by atoms with Crippen LogP contribution in [0.4, 0.5) is 16.2 Å². The van der Waals surface area contributed by atoms with E-state index >= 15 is 0 Å². The third-order valence-corrected chi connectivity index (χ3v) is 5.63. The normalized spacial score (nSPS) is 15.6. The molecule has 1 aliphatic heterocycles. The number of amides is 1. The van der Waals surface area contributed by atoms with Crippen molar-refractivity contribution in [3.05, 3.63) is 48.5 Å². The summed E-state index contributed by atoms with van der Waals surface area (Å²) in [5.41, 5.74) is 0.816. The molecule has 132 valence electrons. The zero-order valence-corrected chi connectivity index (χ0v) is 14.5. The second-order valence-electron chi connectivity index (χ2n) is 5.45. The number of sulfonamides is 1. The van der Waals surface area contributed by atoms with Crippen molar-refractivity contribution in [1.29, 1.82) is 0 Å². The van der Waals surface area contributed by atoms with Crippen molar-refractivity contribution >= 4 is 27.5 Å². The zero-order valence-electron chi connectivity index (χ0n) is 13.6. The summed E-state index contributed by atoms with van der Waals surface area (Å²) in [5.74, 6) is 0.931. The van der Waals surface area contributed by atoms with Crippen LogP contribution in [0, 0.1) is 0 Å². The molecule has 3 rings (SSSR count). The van der Waals surface area contributed by atoms with Crippen LogP contribution in [0.15, 0.2) is 48.5 Å². The van der Waals surface area contributed by atoms with Gasteiger partial charge >= 0.3 is 6.09 Å². The molecular weight excluding hydrogens is 344 g/mol. The molecular formula is C17H18N2O5S. The Hall–Kier alpha value is -2.74. The molecule has 1 fully saturated rings. The summed E-state index contributed by atoms with van der Waals surface area (Å²) in [4.78, 5) is 12.1. The van der Waals surface area contributed by atoms with Crippen LogP contribution in [-0.2, 0) is 10.0 Å². The Morgan fingerprint density at radius 3 is 2.56 bits per heavy atom. The minimum Gasteiger partial charge on any atom is -0.495 e. The van der Waals surface area contributed by atoms with Gasteiger partial charge in [-0.3, -0.25) is 9.62 Å². The molecule has 0 unspecified atom stereocenters. The smallest absolute Gasteiger partial charge is 0.417 e. The van der Waals surface area contributed by atoms with E-state index < -0.39 is 16.1 Å². The molecule has 0 aliphatic carbocycles. The van der Waals surface area contributed by atoms with Crippen molar-refractivity contribution in [2.75, 3.05) is 29.0 Å². The standard InChI is InChI=1S/C17H18N2O5S/c1-23-16-9-8-13(19-10-5-11-25(19,21)22)12-15(16)18-17(20)24-14-6-3-2-4-7-14/h2-4,6-9,12H,5,10-11H2,1H3,(H,18,20). The van der Waals surface area contributed by atoms with Gasteiger partial charge in [0.05, 0.1) is 24.2 Å². The molecule has 0 radical (unpaired) electrons.